The Bertz CT molecular complexity index is 1670. The smallest absolute Gasteiger partial charge is 0.339 e. The van der Waals surface area contributed by atoms with Gasteiger partial charge in [0.25, 0.3) is 11.4 Å². The monoisotopic (exact) mass is 600 g/mol. The van der Waals surface area contributed by atoms with Crippen molar-refractivity contribution < 1.29 is 18.6 Å². The minimum atomic E-state index is -1.24. The minimum absolute atomic E-state index is 0.160. The van der Waals surface area contributed by atoms with Gasteiger partial charge in [-0.2, -0.15) is 5.26 Å². The predicted molar refractivity (Wildman–Crippen MR) is 178 cm³/mol. The van der Waals surface area contributed by atoms with Gasteiger partial charge in [0.15, 0.2) is 23.9 Å². The van der Waals surface area contributed by atoms with Crippen molar-refractivity contribution in [3.63, 3.8) is 0 Å². The molecule has 1 unspecified atom stereocenters. The first-order chi connectivity index (χ1) is 21.5. The summed E-state index contributed by atoms with van der Waals surface area (Å²) >= 11 is 0. The van der Waals surface area contributed by atoms with Crippen LogP contribution in [0.2, 0.25) is 0 Å². The van der Waals surface area contributed by atoms with E-state index in [1.54, 1.807) is 0 Å². The molecule has 0 aromatic heterocycles. The molecule has 6 heteroatoms. The number of unbranched alkanes of at least 4 members (excludes halogenated alkanes) is 3. The van der Waals surface area contributed by atoms with Gasteiger partial charge in [0.05, 0.1) is 17.2 Å². The number of para-hydroxylation sites is 2. The van der Waals surface area contributed by atoms with Crippen molar-refractivity contribution in [2.75, 3.05) is 6.54 Å². The van der Waals surface area contributed by atoms with Gasteiger partial charge in [-0.05, 0) is 75.3 Å². The summed E-state index contributed by atoms with van der Waals surface area (Å²) in [7, 11) is 0. The lowest BCUT2D eigenvalue weighted by Gasteiger charge is -2.33. The molecule has 0 amide bonds. The van der Waals surface area contributed by atoms with Gasteiger partial charge in [-0.25, -0.2) is 6.57 Å². The highest BCUT2D eigenvalue weighted by atomic mass is 16.7. The first kappa shape index (κ1) is 30.6. The molecule has 3 aliphatic rings. The van der Waals surface area contributed by atoms with E-state index in [4.69, 9.17) is 21.3 Å². The van der Waals surface area contributed by atoms with E-state index < -0.39 is 6.03 Å². The molecule has 0 bridgehead atoms. The highest BCUT2D eigenvalue weighted by molar-refractivity contribution is 5.87. The fourth-order valence-corrected chi connectivity index (χ4v) is 6.66. The van der Waals surface area contributed by atoms with Gasteiger partial charge in [-0.1, -0.05) is 65.8 Å². The van der Waals surface area contributed by atoms with Crippen LogP contribution in [0.25, 0.3) is 4.85 Å². The van der Waals surface area contributed by atoms with E-state index in [0.717, 1.165) is 83.7 Å². The summed E-state index contributed by atoms with van der Waals surface area (Å²) < 4.78 is 18.8. The Morgan fingerprint density at radius 3 is 1.69 bits per heavy atom. The predicted octanol–water partition coefficient (Wildman–Crippen LogP) is 8.70. The second kappa shape index (κ2) is 11.5. The zero-order chi connectivity index (χ0) is 32.0. The molecule has 45 heavy (non-hydrogen) atoms. The molecule has 0 N–H and O–H groups in total. The standard InChI is InChI=1S/C39H44N4O2/c1-37(2,3)31-23-27(15-9-8-13-19-40)21-29-25-42-33-17-10-11-18-34(33)43-26-30-22-28(16-12-14-20-41-7)24-32(38(4,5)6)36(30)45-39(42,43)44-35(29)31/h10-11,17-18,21-26H,8-9,12-16,20H2,1-6H3/q+2. The van der Waals surface area contributed by atoms with Gasteiger partial charge >= 0.3 is 6.03 Å². The zero-order valence-corrected chi connectivity index (χ0v) is 27.5. The number of hydrogen-bond donors (Lipinski definition) is 0. The Hall–Kier alpha value is -4.42. The first-order valence-electron chi connectivity index (χ1n) is 16.3. The van der Waals surface area contributed by atoms with Crippen molar-refractivity contribution in [2.45, 2.75) is 103 Å². The Kier molecular flexibility index (Phi) is 7.82. The van der Waals surface area contributed by atoms with E-state index in [1.165, 1.54) is 11.1 Å². The third kappa shape index (κ3) is 5.53. The van der Waals surface area contributed by atoms with Crippen molar-refractivity contribution >= 4 is 23.8 Å². The highest BCUT2D eigenvalue weighted by Gasteiger charge is 2.73. The number of rotatable bonds is 8. The molecule has 3 aliphatic heterocycles. The molecule has 3 heterocycles. The van der Waals surface area contributed by atoms with E-state index in [0.29, 0.717) is 13.0 Å². The van der Waals surface area contributed by atoms with E-state index in [-0.39, 0.29) is 10.8 Å². The largest absolute Gasteiger partial charge is 0.715 e. The molecular weight excluding hydrogens is 556 g/mol. The maximum atomic E-state index is 9.02. The normalized spacial score (nSPS) is 17.6. The Balaban J connectivity index is 1.51. The van der Waals surface area contributed by atoms with Crippen molar-refractivity contribution in [2.24, 2.45) is 0 Å². The number of hydrogen-bond acceptors (Lipinski definition) is 3. The molecule has 0 saturated carbocycles. The van der Waals surface area contributed by atoms with Crippen LogP contribution in [0.1, 0.15) is 107 Å². The maximum Gasteiger partial charge on any atom is 0.715 e. The van der Waals surface area contributed by atoms with Gasteiger partial charge in [0, 0.05) is 36.1 Å². The summed E-state index contributed by atoms with van der Waals surface area (Å²) in [5.41, 5.74) is 8.65. The summed E-state index contributed by atoms with van der Waals surface area (Å²) in [6.45, 7) is 21.1. The topological polar surface area (TPSA) is 52.6 Å². The number of benzene rings is 3. The summed E-state index contributed by atoms with van der Waals surface area (Å²) in [4.78, 5) is 3.54. The van der Waals surface area contributed by atoms with E-state index in [9.17, 15) is 0 Å². The lowest BCUT2D eigenvalue weighted by atomic mass is 9.83. The molecular formula is C39H44N4O2+2. The molecule has 3 aromatic carbocycles. The van der Waals surface area contributed by atoms with Crippen molar-refractivity contribution in [1.29, 1.82) is 5.26 Å². The van der Waals surface area contributed by atoms with Gasteiger partial charge in [0.1, 0.15) is 0 Å². The van der Waals surface area contributed by atoms with Crippen LogP contribution in [0.4, 0.5) is 11.4 Å². The molecule has 3 aromatic rings. The van der Waals surface area contributed by atoms with Gasteiger partial charge in [-0.15, -0.1) is 0 Å². The molecule has 0 fully saturated rings. The SMILES string of the molecule is [C-]#[N+]CCCCc1cc2c(c(C(C)(C)C)c1)OC13Oc4c(cc(CCCCC#N)cc4C(C)(C)C)C=[N+]1c1ccccc1[N+]3=C2. The molecule has 230 valence electrons. The Morgan fingerprint density at radius 1 is 0.756 bits per heavy atom. The maximum absolute atomic E-state index is 9.02. The van der Waals surface area contributed by atoms with Crippen LogP contribution in [0.5, 0.6) is 11.5 Å². The zero-order valence-electron chi connectivity index (χ0n) is 27.5. The average Bonchev–Trinajstić information content (AvgIpc) is 3.26. The summed E-state index contributed by atoms with van der Waals surface area (Å²) in [6, 6.07) is 18.5. The van der Waals surface area contributed by atoms with Crippen LogP contribution < -0.4 is 9.47 Å². The van der Waals surface area contributed by atoms with Crippen LogP contribution in [0.15, 0.2) is 48.5 Å². The number of fused-ring (bicyclic) bond motifs is 5. The molecule has 1 atom stereocenters. The van der Waals surface area contributed by atoms with Crippen molar-refractivity contribution in [3.8, 4) is 17.6 Å². The van der Waals surface area contributed by atoms with Gasteiger partial charge < -0.3 is 14.3 Å². The fourth-order valence-electron chi connectivity index (χ4n) is 6.66. The Morgan fingerprint density at radius 2 is 1.24 bits per heavy atom. The second-order valence-corrected chi connectivity index (χ2v) is 14.6. The number of nitriles is 1. The molecule has 6 rings (SSSR count). The van der Waals surface area contributed by atoms with E-state index >= 15 is 0 Å². The number of aryl methyl sites for hydroxylation is 2. The highest BCUT2D eigenvalue weighted by Crippen LogP contribution is 2.51. The number of nitrogens with zero attached hydrogens (tertiary/aromatic N) is 4. The first-order valence-corrected chi connectivity index (χ1v) is 16.3. The third-order valence-electron chi connectivity index (χ3n) is 8.98. The summed E-state index contributed by atoms with van der Waals surface area (Å²) in [5, 5.41) is 9.02. The molecule has 6 nitrogen and oxygen atoms in total. The summed E-state index contributed by atoms with van der Waals surface area (Å²) in [5.74, 6) is 1.70. The third-order valence-corrected chi connectivity index (χ3v) is 8.98. The second-order valence-electron chi connectivity index (χ2n) is 14.6. The van der Waals surface area contributed by atoms with Crippen LogP contribution in [-0.4, -0.2) is 34.2 Å². The fraction of sp³-hybridized carbons (Fsp3) is 0.436. The van der Waals surface area contributed by atoms with Gasteiger partial charge in [-0.3, -0.25) is 0 Å². The van der Waals surface area contributed by atoms with Crippen LogP contribution >= 0.6 is 0 Å². The van der Waals surface area contributed by atoms with Gasteiger partial charge in [0.2, 0.25) is 6.54 Å². The quantitative estimate of drug-likeness (QED) is 0.148. The number of ether oxygens (including phenoxy) is 2. The van der Waals surface area contributed by atoms with Crippen LogP contribution in [0, 0.1) is 17.9 Å². The molecule has 1 spiro atoms. The molecule has 0 radical (unpaired) electrons. The minimum Gasteiger partial charge on any atom is -0.339 e. The lowest BCUT2D eigenvalue weighted by molar-refractivity contribution is -0.831. The lowest BCUT2D eigenvalue weighted by Crippen LogP contribution is -2.59. The molecule has 0 aliphatic carbocycles. The Labute approximate surface area is 268 Å². The van der Waals surface area contributed by atoms with E-state index in [2.05, 4.69) is 123 Å². The van der Waals surface area contributed by atoms with E-state index in [1.807, 2.05) is 0 Å². The van der Waals surface area contributed by atoms with Crippen molar-refractivity contribution in [1.82, 2.24) is 0 Å². The molecule has 0 saturated heterocycles. The average molecular weight is 601 g/mol. The van der Waals surface area contributed by atoms with Crippen LogP contribution in [-0.2, 0) is 23.7 Å². The summed E-state index contributed by atoms with van der Waals surface area (Å²) in [6.07, 6.45) is 10.6. The van der Waals surface area contributed by atoms with Crippen LogP contribution in [0.3, 0.4) is 0 Å². The van der Waals surface area contributed by atoms with Crippen molar-refractivity contribution in [3.05, 3.63) is 93.3 Å².